The minimum atomic E-state index is -0.587. The smallest absolute Gasteiger partial charge is 0.378 e. The molecule has 0 saturated heterocycles. The van der Waals surface area contributed by atoms with Crippen LogP contribution in [0.2, 0.25) is 10.0 Å². The van der Waals surface area contributed by atoms with E-state index in [-0.39, 0.29) is 11.9 Å². The summed E-state index contributed by atoms with van der Waals surface area (Å²) in [7, 11) is 0. The van der Waals surface area contributed by atoms with Crippen molar-refractivity contribution in [2.45, 2.75) is 20.0 Å². The minimum Gasteiger partial charge on any atom is -0.457 e. The molecule has 0 amide bonds. The van der Waals surface area contributed by atoms with Gasteiger partial charge < -0.3 is 4.74 Å². The lowest BCUT2D eigenvalue weighted by molar-refractivity contribution is 0.0363. The fraction of sp³-hybridized carbons (Fsp3) is 0.167. The van der Waals surface area contributed by atoms with Gasteiger partial charge in [0.1, 0.15) is 0 Å². The van der Waals surface area contributed by atoms with Gasteiger partial charge in [-0.25, -0.2) is 14.5 Å². The molecule has 3 aromatic rings. The van der Waals surface area contributed by atoms with Crippen LogP contribution >= 0.6 is 23.2 Å². The third-order valence-electron chi connectivity index (χ3n) is 3.30. The number of ether oxygens (including phenoxy) is 1. The molecule has 0 aliphatic rings. The molecule has 0 radical (unpaired) electrons. The van der Waals surface area contributed by atoms with Crippen LogP contribution in [0.1, 0.15) is 24.5 Å². The second-order valence-electron chi connectivity index (χ2n) is 5.59. The van der Waals surface area contributed by atoms with E-state index in [0.717, 1.165) is 5.56 Å². The summed E-state index contributed by atoms with van der Waals surface area (Å²) in [4.78, 5) is 16.6. The molecule has 1 heterocycles. The topological polar surface area (TPSA) is 57.0 Å². The van der Waals surface area contributed by atoms with E-state index in [1.165, 1.54) is 4.68 Å². The van der Waals surface area contributed by atoms with E-state index in [1.807, 2.05) is 30.3 Å². The number of rotatable bonds is 4. The molecule has 3 rings (SSSR count). The molecule has 0 saturated carbocycles. The van der Waals surface area contributed by atoms with Crippen molar-refractivity contribution in [1.82, 2.24) is 14.8 Å². The monoisotopic (exact) mass is 375 g/mol. The van der Waals surface area contributed by atoms with E-state index >= 15 is 0 Å². The Bertz CT molecular complexity index is 908. The van der Waals surface area contributed by atoms with E-state index in [2.05, 4.69) is 10.1 Å². The molecule has 1 aromatic heterocycles. The van der Waals surface area contributed by atoms with Crippen molar-refractivity contribution in [3.63, 3.8) is 0 Å². The molecule has 2 aromatic carbocycles. The van der Waals surface area contributed by atoms with Gasteiger partial charge in [0, 0.05) is 10.6 Å². The average molecular weight is 376 g/mol. The van der Waals surface area contributed by atoms with Crippen LogP contribution < -0.4 is 0 Å². The van der Waals surface area contributed by atoms with Crippen molar-refractivity contribution in [3.05, 3.63) is 64.4 Å². The summed E-state index contributed by atoms with van der Waals surface area (Å²) >= 11 is 12.3. The lowest BCUT2D eigenvalue weighted by Crippen LogP contribution is -2.13. The van der Waals surface area contributed by atoms with Crippen molar-refractivity contribution in [3.8, 4) is 17.1 Å². The predicted octanol–water partition coefficient (Wildman–Crippen LogP) is 4.81. The molecule has 0 unspecified atom stereocenters. The molecule has 25 heavy (non-hydrogen) atoms. The molecule has 0 atom stereocenters. The minimum absolute atomic E-state index is 0.0291. The van der Waals surface area contributed by atoms with Crippen LogP contribution in [0.4, 0.5) is 0 Å². The quantitative estimate of drug-likeness (QED) is 0.614. The van der Waals surface area contributed by atoms with Crippen LogP contribution in [-0.4, -0.2) is 26.8 Å². The molecule has 0 bridgehead atoms. The fourth-order valence-electron chi connectivity index (χ4n) is 2.26. The molecule has 5 nitrogen and oxygen atoms in total. The molecule has 0 spiro atoms. The summed E-state index contributed by atoms with van der Waals surface area (Å²) in [5.41, 5.74) is 1.37. The lowest BCUT2D eigenvalue weighted by Gasteiger charge is -2.08. The summed E-state index contributed by atoms with van der Waals surface area (Å²) in [5.74, 6) is -0.130. The Labute approximate surface area is 155 Å². The van der Waals surface area contributed by atoms with Gasteiger partial charge in [-0.15, -0.1) is 5.10 Å². The predicted molar refractivity (Wildman–Crippen MR) is 97.4 cm³/mol. The Hall–Kier alpha value is -2.37. The van der Waals surface area contributed by atoms with Crippen molar-refractivity contribution in [2.24, 2.45) is 0 Å². The van der Waals surface area contributed by atoms with Crippen LogP contribution in [0.3, 0.4) is 0 Å². The third kappa shape index (κ3) is 3.83. The normalized spacial score (nSPS) is 10.9. The van der Waals surface area contributed by atoms with E-state index in [1.54, 1.807) is 32.0 Å². The van der Waals surface area contributed by atoms with E-state index in [9.17, 15) is 4.79 Å². The molecular formula is C18H15Cl2N3O2. The summed E-state index contributed by atoms with van der Waals surface area (Å²) < 4.78 is 6.71. The van der Waals surface area contributed by atoms with Crippen molar-refractivity contribution in [1.29, 1.82) is 0 Å². The number of benzene rings is 2. The van der Waals surface area contributed by atoms with E-state index < -0.39 is 5.97 Å². The number of carbonyl (C=O) groups is 1. The fourth-order valence-corrected chi connectivity index (χ4v) is 2.75. The van der Waals surface area contributed by atoms with Crippen LogP contribution in [0.25, 0.3) is 17.1 Å². The number of aromatic nitrogens is 3. The third-order valence-corrected chi connectivity index (χ3v) is 3.84. The van der Waals surface area contributed by atoms with Gasteiger partial charge in [0.2, 0.25) is 0 Å². The zero-order chi connectivity index (χ0) is 18.0. The highest BCUT2D eigenvalue weighted by atomic mass is 35.5. The molecule has 0 N–H and O–H groups in total. The maximum Gasteiger partial charge on any atom is 0.378 e. The number of hydrogen-bond acceptors (Lipinski definition) is 4. The summed E-state index contributed by atoms with van der Waals surface area (Å²) in [6, 6.07) is 14.4. The summed E-state index contributed by atoms with van der Waals surface area (Å²) in [6.07, 6.45) is -0.265. The van der Waals surface area contributed by atoms with E-state index in [4.69, 9.17) is 27.9 Å². The van der Waals surface area contributed by atoms with Gasteiger partial charge in [0.15, 0.2) is 5.82 Å². The molecular weight excluding hydrogens is 361 g/mol. The second kappa shape index (κ2) is 7.25. The maximum absolute atomic E-state index is 12.2. The Morgan fingerprint density at radius 3 is 2.48 bits per heavy atom. The van der Waals surface area contributed by atoms with Crippen LogP contribution in [0.15, 0.2) is 48.5 Å². The zero-order valence-corrected chi connectivity index (χ0v) is 15.1. The van der Waals surface area contributed by atoms with Crippen LogP contribution in [0, 0.1) is 0 Å². The maximum atomic E-state index is 12.2. The largest absolute Gasteiger partial charge is 0.457 e. The first-order valence-corrected chi connectivity index (χ1v) is 8.40. The Kier molecular flexibility index (Phi) is 5.06. The van der Waals surface area contributed by atoms with Gasteiger partial charge in [0.05, 0.1) is 16.8 Å². The summed E-state index contributed by atoms with van der Waals surface area (Å²) in [5, 5.41) is 5.21. The molecule has 7 heteroatoms. The SMILES string of the molecule is CC(C)OC(=O)c1nc(-c2ccccc2)n(-c2ccc(Cl)cc2Cl)n1. The van der Waals surface area contributed by atoms with Crippen LogP contribution in [0.5, 0.6) is 0 Å². The first kappa shape index (κ1) is 17.5. The van der Waals surface area contributed by atoms with Crippen molar-refractivity contribution < 1.29 is 9.53 Å². The van der Waals surface area contributed by atoms with Gasteiger partial charge in [-0.1, -0.05) is 53.5 Å². The van der Waals surface area contributed by atoms with Crippen molar-refractivity contribution >= 4 is 29.2 Å². The Balaban J connectivity index is 2.15. The van der Waals surface area contributed by atoms with Gasteiger partial charge in [0.25, 0.3) is 5.82 Å². The highest BCUT2D eigenvalue weighted by Gasteiger charge is 2.21. The van der Waals surface area contributed by atoms with Gasteiger partial charge in [-0.2, -0.15) is 0 Å². The first-order valence-electron chi connectivity index (χ1n) is 7.64. The lowest BCUT2D eigenvalue weighted by atomic mass is 10.2. The molecule has 128 valence electrons. The van der Waals surface area contributed by atoms with Gasteiger partial charge in [-0.3, -0.25) is 0 Å². The number of carbonyl (C=O) groups excluding carboxylic acids is 1. The highest BCUT2D eigenvalue weighted by molar-refractivity contribution is 6.35. The number of halogens is 2. The average Bonchev–Trinajstić information content (AvgIpc) is 3.00. The van der Waals surface area contributed by atoms with Crippen molar-refractivity contribution in [2.75, 3.05) is 0 Å². The first-order chi connectivity index (χ1) is 12.0. The molecule has 0 aliphatic carbocycles. The molecule has 0 fully saturated rings. The summed E-state index contributed by atoms with van der Waals surface area (Å²) in [6.45, 7) is 3.53. The van der Waals surface area contributed by atoms with Crippen LogP contribution in [-0.2, 0) is 4.74 Å². The van der Waals surface area contributed by atoms with Gasteiger partial charge >= 0.3 is 5.97 Å². The number of esters is 1. The Morgan fingerprint density at radius 1 is 1.12 bits per heavy atom. The van der Waals surface area contributed by atoms with Gasteiger partial charge in [-0.05, 0) is 32.0 Å². The number of hydrogen-bond donors (Lipinski definition) is 0. The second-order valence-corrected chi connectivity index (χ2v) is 6.43. The highest BCUT2D eigenvalue weighted by Crippen LogP contribution is 2.28. The standard InChI is InChI=1S/C18H15Cl2N3O2/c1-11(2)25-18(24)16-21-17(12-6-4-3-5-7-12)23(22-16)15-9-8-13(19)10-14(15)20/h3-11H,1-2H3. The Morgan fingerprint density at radius 2 is 1.84 bits per heavy atom. The number of nitrogens with zero attached hydrogens (tertiary/aromatic N) is 3. The zero-order valence-electron chi connectivity index (χ0n) is 13.6. The van der Waals surface area contributed by atoms with E-state index in [0.29, 0.717) is 21.6 Å². The molecule has 0 aliphatic heterocycles.